The van der Waals surface area contributed by atoms with E-state index in [0.29, 0.717) is 12.0 Å². The maximum atomic E-state index is 5.48. The number of likely N-dealkylation sites (N-methyl/N-ethyl adjacent to an activating group) is 1. The third-order valence-corrected chi connectivity index (χ3v) is 4.16. The molecule has 1 N–H and O–H groups in total. The van der Waals surface area contributed by atoms with E-state index in [4.69, 9.17) is 4.74 Å². The molecule has 0 fully saturated rings. The van der Waals surface area contributed by atoms with Crippen molar-refractivity contribution in [2.75, 3.05) is 14.2 Å². The van der Waals surface area contributed by atoms with Gasteiger partial charge in [0.15, 0.2) is 0 Å². The highest BCUT2D eigenvalue weighted by atomic mass is 16.5. The minimum Gasteiger partial charge on any atom is -0.496 e. The standard InChI is InChI=1S/C19H25NO/c1-4-17(15-10-6-5-7-11-15)18(20-2)14-16-12-8-9-13-19(16)21-3/h5-13,17-18,20H,4,14H2,1-3H3. The van der Waals surface area contributed by atoms with E-state index in [-0.39, 0.29) is 0 Å². The summed E-state index contributed by atoms with van der Waals surface area (Å²) in [4.78, 5) is 0. The van der Waals surface area contributed by atoms with Gasteiger partial charge in [0.2, 0.25) is 0 Å². The van der Waals surface area contributed by atoms with E-state index in [2.05, 4.69) is 54.7 Å². The number of rotatable bonds is 7. The lowest BCUT2D eigenvalue weighted by Crippen LogP contribution is -2.34. The average Bonchev–Trinajstić information content (AvgIpc) is 2.56. The number of benzene rings is 2. The molecule has 2 rings (SSSR count). The minimum atomic E-state index is 0.397. The summed E-state index contributed by atoms with van der Waals surface area (Å²) in [6, 6.07) is 19.4. The van der Waals surface area contributed by atoms with Crippen LogP contribution in [0.3, 0.4) is 0 Å². The van der Waals surface area contributed by atoms with Gasteiger partial charge >= 0.3 is 0 Å². The second kappa shape index (κ2) is 7.84. The summed E-state index contributed by atoms with van der Waals surface area (Å²) in [6.45, 7) is 2.25. The zero-order valence-corrected chi connectivity index (χ0v) is 13.2. The van der Waals surface area contributed by atoms with Gasteiger partial charge in [0.1, 0.15) is 5.75 Å². The number of hydrogen-bond donors (Lipinski definition) is 1. The fourth-order valence-electron chi connectivity index (χ4n) is 3.01. The Morgan fingerprint density at radius 2 is 1.67 bits per heavy atom. The van der Waals surface area contributed by atoms with Crippen molar-refractivity contribution in [1.82, 2.24) is 5.32 Å². The molecule has 0 aromatic heterocycles. The third-order valence-electron chi connectivity index (χ3n) is 4.16. The van der Waals surface area contributed by atoms with Crippen LogP contribution in [0.25, 0.3) is 0 Å². The van der Waals surface area contributed by atoms with Crippen molar-refractivity contribution in [2.45, 2.75) is 31.7 Å². The number of nitrogens with one attached hydrogen (secondary N) is 1. The quantitative estimate of drug-likeness (QED) is 0.828. The Labute approximate surface area is 128 Å². The van der Waals surface area contributed by atoms with E-state index in [1.807, 2.05) is 19.2 Å². The van der Waals surface area contributed by atoms with E-state index in [0.717, 1.165) is 18.6 Å². The fraction of sp³-hybridized carbons (Fsp3) is 0.368. The van der Waals surface area contributed by atoms with Crippen LogP contribution < -0.4 is 10.1 Å². The largest absolute Gasteiger partial charge is 0.496 e. The summed E-state index contributed by atoms with van der Waals surface area (Å²) in [5.41, 5.74) is 2.66. The Bertz CT molecular complexity index is 538. The number of para-hydroxylation sites is 1. The predicted molar refractivity (Wildman–Crippen MR) is 89.0 cm³/mol. The SMILES string of the molecule is CCC(c1ccccc1)C(Cc1ccccc1OC)NC. The predicted octanol–water partition coefficient (Wildman–Crippen LogP) is 4.02. The summed E-state index contributed by atoms with van der Waals surface area (Å²) in [5, 5.41) is 3.50. The molecule has 2 heteroatoms. The molecule has 0 saturated carbocycles. The van der Waals surface area contributed by atoms with Crippen molar-refractivity contribution >= 4 is 0 Å². The highest BCUT2D eigenvalue weighted by molar-refractivity contribution is 5.34. The van der Waals surface area contributed by atoms with Crippen LogP contribution in [0.2, 0.25) is 0 Å². The minimum absolute atomic E-state index is 0.397. The molecular weight excluding hydrogens is 258 g/mol. The summed E-state index contributed by atoms with van der Waals surface area (Å²) >= 11 is 0. The second-order valence-electron chi connectivity index (χ2n) is 5.34. The second-order valence-corrected chi connectivity index (χ2v) is 5.34. The molecular formula is C19H25NO. The molecule has 2 aromatic rings. The van der Waals surface area contributed by atoms with Gasteiger partial charge in [-0.05, 0) is 43.0 Å². The maximum Gasteiger partial charge on any atom is 0.122 e. The topological polar surface area (TPSA) is 21.3 Å². The lowest BCUT2D eigenvalue weighted by Gasteiger charge is -2.27. The van der Waals surface area contributed by atoms with Crippen LogP contribution in [0.4, 0.5) is 0 Å². The Balaban J connectivity index is 2.22. The van der Waals surface area contributed by atoms with Gasteiger partial charge in [0.05, 0.1) is 7.11 Å². The monoisotopic (exact) mass is 283 g/mol. The average molecular weight is 283 g/mol. The first-order valence-electron chi connectivity index (χ1n) is 7.64. The van der Waals surface area contributed by atoms with Gasteiger partial charge in [-0.3, -0.25) is 0 Å². The van der Waals surface area contributed by atoms with Crippen LogP contribution in [0, 0.1) is 0 Å². The number of ether oxygens (including phenoxy) is 1. The van der Waals surface area contributed by atoms with Crippen LogP contribution in [0.15, 0.2) is 54.6 Å². The molecule has 0 heterocycles. The molecule has 0 amide bonds. The van der Waals surface area contributed by atoms with E-state index in [9.17, 15) is 0 Å². The first kappa shape index (κ1) is 15.6. The summed E-state index contributed by atoms with van der Waals surface area (Å²) < 4.78 is 5.48. The molecule has 0 radical (unpaired) electrons. The van der Waals surface area contributed by atoms with E-state index < -0.39 is 0 Å². The lowest BCUT2D eigenvalue weighted by molar-refractivity contribution is 0.398. The summed E-state index contributed by atoms with van der Waals surface area (Å²) in [7, 11) is 3.79. The zero-order chi connectivity index (χ0) is 15.1. The van der Waals surface area contributed by atoms with Crippen molar-refractivity contribution in [3.05, 3.63) is 65.7 Å². The molecule has 2 unspecified atom stereocenters. The molecule has 2 aromatic carbocycles. The Morgan fingerprint density at radius 1 is 1.00 bits per heavy atom. The molecule has 0 aliphatic heterocycles. The molecule has 2 atom stereocenters. The van der Waals surface area contributed by atoms with Crippen LogP contribution in [0.5, 0.6) is 5.75 Å². The molecule has 0 saturated heterocycles. The lowest BCUT2D eigenvalue weighted by atomic mass is 9.85. The number of hydrogen-bond acceptors (Lipinski definition) is 2. The molecule has 0 spiro atoms. The number of methoxy groups -OCH3 is 1. The van der Waals surface area contributed by atoms with Gasteiger partial charge in [-0.15, -0.1) is 0 Å². The third kappa shape index (κ3) is 3.85. The molecule has 0 bridgehead atoms. The molecule has 0 aliphatic carbocycles. The Morgan fingerprint density at radius 3 is 2.29 bits per heavy atom. The zero-order valence-electron chi connectivity index (χ0n) is 13.2. The molecule has 112 valence electrons. The van der Waals surface area contributed by atoms with E-state index in [1.54, 1.807) is 7.11 Å². The van der Waals surface area contributed by atoms with Crippen LogP contribution in [0.1, 0.15) is 30.4 Å². The highest BCUT2D eigenvalue weighted by Gasteiger charge is 2.21. The fourth-order valence-corrected chi connectivity index (χ4v) is 3.01. The van der Waals surface area contributed by atoms with Crippen molar-refractivity contribution in [2.24, 2.45) is 0 Å². The van der Waals surface area contributed by atoms with E-state index >= 15 is 0 Å². The van der Waals surface area contributed by atoms with Crippen LogP contribution >= 0.6 is 0 Å². The molecule has 21 heavy (non-hydrogen) atoms. The van der Waals surface area contributed by atoms with Gasteiger partial charge in [0.25, 0.3) is 0 Å². The van der Waals surface area contributed by atoms with Crippen LogP contribution in [-0.4, -0.2) is 20.2 Å². The van der Waals surface area contributed by atoms with Gasteiger partial charge in [-0.1, -0.05) is 55.5 Å². The van der Waals surface area contributed by atoms with Crippen LogP contribution in [-0.2, 0) is 6.42 Å². The summed E-state index contributed by atoms with van der Waals surface area (Å²) in [5.74, 6) is 1.47. The van der Waals surface area contributed by atoms with Crippen molar-refractivity contribution < 1.29 is 4.74 Å². The van der Waals surface area contributed by atoms with Gasteiger partial charge in [-0.25, -0.2) is 0 Å². The van der Waals surface area contributed by atoms with Gasteiger partial charge < -0.3 is 10.1 Å². The van der Waals surface area contributed by atoms with E-state index in [1.165, 1.54) is 11.1 Å². The molecule has 2 nitrogen and oxygen atoms in total. The molecule has 0 aliphatic rings. The highest BCUT2D eigenvalue weighted by Crippen LogP contribution is 2.28. The first-order chi connectivity index (χ1) is 10.3. The Kier molecular flexibility index (Phi) is 5.82. The first-order valence-corrected chi connectivity index (χ1v) is 7.64. The normalized spacial score (nSPS) is 13.7. The van der Waals surface area contributed by atoms with Gasteiger partial charge in [0, 0.05) is 6.04 Å². The maximum absolute atomic E-state index is 5.48. The smallest absolute Gasteiger partial charge is 0.122 e. The Hall–Kier alpha value is -1.80. The van der Waals surface area contributed by atoms with Crippen molar-refractivity contribution in [1.29, 1.82) is 0 Å². The van der Waals surface area contributed by atoms with Gasteiger partial charge in [-0.2, -0.15) is 0 Å². The summed E-state index contributed by atoms with van der Waals surface area (Å²) in [6.07, 6.45) is 2.08. The van der Waals surface area contributed by atoms with Crippen molar-refractivity contribution in [3.63, 3.8) is 0 Å². The van der Waals surface area contributed by atoms with Crippen molar-refractivity contribution in [3.8, 4) is 5.75 Å².